The van der Waals surface area contributed by atoms with E-state index in [1.54, 1.807) is 6.33 Å². The summed E-state index contributed by atoms with van der Waals surface area (Å²) in [6, 6.07) is 0. The molecular formula is C17H23FN4O. The smallest absolute Gasteiger partial charge is 0.210 e. The van der Waals surface area contributed by atoms with E-state index in [1.807, 2.05) is 25.3 Å². The number of terminal acetylenes is 1. The molecule has 2 unspecified atom stereocenters. The van der Waals surface area contributed by atoms with Crippen LogP contribution < -0.4 is 5.73 Å². The molecule has 1 aromatic rings. The zero-order valence-corrected chi connectivity index (χ0v) is 13.8. The fourth-order valence-electron chi connectivity index (χ4n) is 2.56. The average Bonchev–Trinajstić information content (AvgIpc) is 3.09. The lowest BCUT2D eigenvalue weighted by Gasteiger charge is -2.19. The summed E-state index contributed by atoms with van der Waals surface area (Å²) in [6.07, 6.45) is 11.4. The molecule has 1 aliphatic rings. The van der Waals surface area contributed by atoms with Crippen LogP contribution in [0.1, 0.15) is 57.1 Å². The van der Waals surface area contributed by atoms with Crippen LogP contribution in [0.2, 0.25) is 0 Å². The van der Waals surface area contributed by atoms with Gasteiger partial charge in [0.15, 0.2) is 5.84 Å². The van der Waals surface area contributed by atoms with Crippen molar-refractivity contribution in [3.05, 3.63) is 29.7 Å². The molecule has 0 radical (unpaired) electrons. The van der Waals surface area contributed by atoms with Crippen LogP contribution in [-0.2, 0) is 4.74 Å². The van der Waals surface area contributed by atoms with Crippen LogP contribution in [0.15, 0.2) is 23.3 Å². The van der Waals surface area contributed by atoms with Crippen molar-refractivity contribution in [3.63, 3.8) is 0 Å². The standard InChI is InChI=1S/C17H23FN4O/c1-5-7-8-13(18)21-16(19)15-12(3)22(11-20-15)14-9-10-17(4,6-2)23-14/h2,8,11,14H,5,7,9-10H2,1,3-4H3,(H2,19,21)/b13-8+. The zero-order chi connectivity index (χ0) is 17.0. The van der Waals surface area contributed by atoms with Gasteiger partial charge < -0.3 is 15.0 Å². The molecule has 0 spiro atoms. The summed E-state index contributed by atoms with van der Waals surface area (Å²) in [5.41, 5.74) is 6.56. The number of imidazole rings is 1. The number of rotatable bonds is 5. The number of unbranched alkanes of at least 4 members (excludes halogenated alkanes) is 1. The second-order valence-electron chi connectivity index (χ2n) is 5.88. The van der Waals surface area contributed by atoms with Crippen LogP contribution in [0, 0.1) is 19.3 Å². The van der Waals surface area contributed by atoms with Gasteiger partial charge in [-0.1, -0.05) is 19.3 Å². The van der Waals surface area contributed by atoms with Crippen molar-refractivity contribution in [2.45, 2.75) is 58.3 Å². The number of nitrogens with zero attached hydrogens (tertiary/aromatic N) is 3. The Morgan fingerprint density at radius 1 is 1.74 bits per heavy atom. The first kappa shape index (κ1) is 17.2. The highest BCUT2D eigenvalue weighted by molar-refractivity contribution is 5.97. The van der Waals surface area contributed by atoms with Gasteiger partial charge in [-0.15, -0.1) is 6.42 Å². The van der Waals surface area contributed by atoms with Crippen molar-refractivity contribution < 1.29 is 9.13 Å². The topological polar surface area (TPSA) is 65.4 Å². The summed E-state index contributed by atoms with van der Waals surface area (Å²) in [7, 11) is 0. The van der Waals surface area contributed by atoms with Crippen LogP contribution in [0.4, 0.5) is 4.39 Å². The van der Waals surface area contributed by atoms with E-state index >= 15 is 0 Å². The second kappa shape index (κ2) is 6.97. The maximum Gasteiger partial charge on any atom is 0.210 e. The minimum Gasteiger partial charge on any atom is -0.382 e. The zero-order valence-electron chi connectivity index (χ0n) is 13.8. The SMILES string of the molecule is C#CC1(C)CCC(n2cnc(/C(N)=N\C(F)=C\CCC)c2C)O1. The predicted octanol–water partition coefficient (Wildman–Crippen LogP) is 3.21. The number of aromatic nitrogens is 2. The van der Waals surface area contributed by atoms with Gasteiger partial charge in [0.2, 0.25) is 5.95 Å². The van der Waals surface area contributed by atoms with Crippen LogP contribution in [-0.4, -0.2) is 21.0 Å². The van der Waals surface area contributed by atoms with Crippen LogP contribution in [0.3, 0.4) is 0 Å². The third kappa shape index (κ3) is 3.80. The first-order valence-corrected chi connectivity index (χ1v) is 7.79. The highest BCUT2D eigenvalue weighted by atomic mass is 19.1. The van der Waals surface area contributed by atoms with Gasteiger partial charge in [0.1, 0.15) is 17.5 Å². The average molecular weight is 318 g/mol. The lowest BCUT2D eigenvalue weighted by molar-refractivity contribution is -0.0278. The van der Waals surface area contributed by atoms with E-state index in [-0.39, 0.29) is 12.1 Å². The molecule has 5 nitrogen and oxygen atoms in total. The second-order valence-corrected chi connectivity index (χ2v) is 5.88. The normalized spacial score (nSPS) is 25.6. The van der Waals surface area contributed by atoms with Crippen LogP contribution in [0.25, 0.3) is 0 Å². The molecule has 0 bridgehead atoms. The summed E-state index contributed by atoms with van der Waals surface area (Å²) in [4.78, 5) is 8.02. The summed E-state index contributed by atoms with van der Waals surface area (Å²) in [5.74, 6) is 2.14. The van der Waals surface area contributed by atoms with Gasteiger partial charge in [0.05, 0.1) is 6.33 Å². The molecule has 0 aliphatic carbocycles. The molecule has 2 heterocycles. The van der Waals surface area contributed by atoms with E-state index in [0.29, 0.717) is 12.1 Å². The van der Waals surface area contributed by atoms with Crippen LogP contribution >= 0.6 is 0 Å². The molecule has 23 heavy (non-hydrogen) atoms. The molecule has 2 N–H and O–H groups in total. The summed E-state index contributed by atoms with van der Waals surface area (Å²) in [6.45, 7) is 5.71. The molecule has 2 atom stereocenters. The number of aliphatic imine (C=N–C) groups is 1. The maximum absolute atomic E-state index is 13.6. The van der Waals surface area contributed by atoms with Crippen molar-refractivity contribution in [3.8, 4) is 12.3 Å². The third-order valence-corrected chi connectivity index (χ3v) is 3.99. The number of halogens is 1. The number of ether oxygens (including phenoxy) is 1. The van der Waals surface area contributed by atoms with Gasteiger partial charge in [0.25, 0.3) is 0 Å². The van der Waals surface area contributed by atoms with E-state index in [1.165, 1.54) is 6.08 Å². The molecule has 124 valence electrons. The number of allylic oxidation sites excluding steroid dienone is 1. The van der Waals surface area contributed by atoms with Gasteiger partial charge in [-0.25, -0.2) is 9.98 Å². The number of hydrogen-bond acceptors (Lipinski definition) is 3. The molecule has 6 heteroatoms. The van der Waals surface area contributed by atoms with Crippen molar-refractivity contribution in [2.75, 3.05) is 0 Å². The number of nitrogens with two attached hydrogens (primary N) is 1. The van der Waals surface area contributed by atoms with Gasteiger partial charge in [-0.3, -0.25) is 0 Å². The number of amidine groups is 1. The summed E-state index contributed by atoms with van der Waals surface area (Å²) < 4.78 is 21.4. The highest BCUT2D eigenvalue weighted by Gasteiger charge is 2.36. The minimum atomic E-state index is -0.588. The van der Waals surface area contributed by atoms with Crippen molar-refractivity contribution in [1.82, 2.24) is 9.55 Å². The molecule has 0 aromatic carbocycles. The molecule has 0 amide bonds. The molecule has 2 rings (SSSR count). The molecular weight excluding hydrogens is 295 g/mol. The quantitative estimate of drug-likeness (QED) is 0.392. The number of hydrogen-bond donors (Lipinski definition) is 1. The third-order valence-electron chi connectivity index (χ3n) is 3.99. The Labute approximate surface area is 136 Å². The highest BCUT2D eigenvalue weighted by Crippen LogP contribution is 2.36. The molecule has 1 aromatic heterocycles. The largest absolute Gasteiger partial charge is 0.382 e. The Balaban J connectivity index is 2.20. The summed E-state index contributed by atoms with van der Waals surface area (Å²) in [5, 5.41) is 0. The van der Waals surface area contributed by atoms with E-state index in [4.69, 9.17) is 16.9 Å². The van der Waals surface area contributed by atoms with E-state index in [0.717, 1.165) is 25.0 Å². The van der Waals surface area contributed by atoms with Gasteiger partial charge in [-0.05, 0) is 39.2 Å². The Bertz CT molecular complexity index is 671. The van der Waals surface area contributed by atoms with E-state index in [2.05, 4.69) is 15.9 Å². The Kier molecular flexibility index (Phi) is 5.22. The van der Waals surface area contributed by atoms with Gasteiger partial charge in [0, 0.05) is 5.69 Å². The Hall–Kier alpha value is -2.13. The first-order chi connectivity index (χ1) is 10.9. The Morgan fingerprint density at radius 2 is 2.48 bits per heavy atom. The molecule has 1 fully saturated rings. The predicted molar refractivity (Wildman–Crippen MR) is 88.4 cm³/mol. The van der Waals surface area contributed by atoms with E-state index in [9.17, 15) is 4.39 Å². The molecule has 1 saturated heterocycles. The van der Waals surface area contributed by atoms with Gasteiger partial charge >= 0.3 is 0 Å². The van der Waals surface area contributed by atoms with Crippen LogP contribution in [0.5, 0.6) is 0 Å². The van der Waals surface area contributed by atoms with Crippen molar-refractivity contribution >= 4 is 5.84 Å². The van der Waals surface area contributed by atoms with Gasteiger partial charge in [-0.2, -0.15) is 4.39 Å². The van der Waals surface area contributed by atoms with Crippen molar-refractivity contribution in [2.24, 2.45) is 10.7 Å². The Morgan fingerprint density at radius 3 is 3.09 bits per heavy atom. The lowest BCUT2D eigenvalue weighted by Crippen LogP contribution is -2.22. The monoisotopic (exact) mass is 318 g/mol. The lowest BCUT2D eigenvalue weighted by atomic mass is 10.0. The fourth-order valence-corrected chi connectivity index (χ4v) is 2.56. The minimum absolute atomic E-state index is 0.0591. The summed E-state index contributed by atoms with van der Waals surface area (Å²) >= 11 is 0. The maximum atomic E-state index is 13.6. The van der Waals surface area contributed by atoms with E-state index < -0.39 is 11.6 Å². The molecule has 1 aliphatic heterocycles. The first-order valence-electron chi connectivity index (χ1n) is 7.79. The van der Waals surface area contributed by atoms with Crippen molar-refractivity contribution in [1.29, 1.82) is 0 Å². The fraction of sp³-hybridized carbons (Fsp3) is 0.529. The molecule has 0 saturated carbocycles.